The van der Waals surface area contributed by atoms with E-state index in [2.05, 4.69) is 20.6 Å². The number of carbonyl (C=O) groups excluding carboxylic acids is 1. The van der Waals surface area contributed by atoms with Crippen LogP contribution < -0.4 is 10.6 Å². The molecule has 0 atom stereocenters. The van der Waals surface area contributed by atoms with E-state index in [0.717, 1.165) is 29.1 Å². The number of rotatable bonds is 7. The second-order valence-corrected chi connectivity index (χ2v) is 7.84. The summed E-state index contributed by atoms with van der Waals surface area (Å²) in [6.07, 6.45) is -4.37. The topological polar surface area (TPSA) is 66.9 Å². The fourth-order valence-electron chi connectivity index (χ4n) is 2.80. The van der Waals surface area contributed by atoms with Crippen molar-refractivity contribution < 1.29 is 18.0 Å². The molecule has 1 heterocycles. The highest BCUT2D eigenvalue weighted by atomic mass is 32.2. The molecule has 1 aromatic heterocycles. The van der Waals surface area contributed by atoms with Gasteiger partial charge in [0, 0.05) is 29.3 Å². The number of nitrogens with one attached hydrogen (secondary N) is 2. The van der Waals surface area contributed by atoms with Gasteiger partial charge in [0.05, 0.1) is 11.3 Å². The molecule has 0 aliphatic carbocycles. The molecular formula is C22H21F3N4OS. The zero-order valence-corrected chi connectivity index (χ0v) is 17.8. The zero-order chi connectivity index (χ0) is 22.4. The Morgan fingerprint density at radius 3 is 2.29 bits per heavy atom. The third kappa shape index (κ3) is 6.99. The Balaban J connectivity index is 1.50. The van der Waals surface area contributed by atoms with Gasteiger partial charge in [-0.25, -0.2) is 9.97 Å². The van der Waals surface area contributed by atoms with E-state index in [9.17, 15) is 18.0 Å². The van der Waals surface area contributed by atoms with Crippen molar-refractivity contribution in [1.29, 1.82) is 0 Å². The van der Waals surface area contributed by atoms with Crippen LogP contribution >= 0.6 is 11.8 Å². The lowest BCUT2D eigenvalue weighted by Gasteiger charge is -2.11. The number of aryl methyl sites for hydroxylation is 2. The third-order valence-corrected chi connectivity index (χ3v) is 5.07. The Labute approximate surface area is 182 Å². The smallest absolute Gasteiger partial charge is 0.381 e. The average Bonchev–Trinajstić information content (AvgIpc) is 2.71. The Hall–Kier alpha value is -3.07. The monoisotopic (exact) mass is 446 g/mol. The van der Waals surface area contributed by atoms with Crippen LogP contribution in [0.25, 0.3) is 0 Å². The number of hydrogen-bond donors (Lipinski definition) is 2. The van der Waals surface area contributed by atoms with E-state index in [1.807, 2.05) is 19.9 Å². The van der Waals surface area contributed by atoms with Gasteiger partial charge < -0.3 is 10.6 Å². The van der Waals surface area contributed by atoms with Crippen LogP contribution in [-0.4, -0.2) is 21.6 Å². The van der Waals surface area contributed by atoms with Crippen molar-refractivity contribution in [3.05, 3.63) is 77.1 Å². The standard InChI is InChI=1S/C22H21F3N4OS/c1-14-10-15(2)28-21(27-14)31-13-20(30)29-18-8-6-16(7-9-18)12-26-19-5-3-4-17(11-19)22(23,24)25/h3-11,26H,12-13H2,1-2H3,(H,29,30). The number of halogens is 3. The van der Waals surface area contributed by atoms with Crippen LogP contribution in [0.15, 0.2) is 59.8 Å². The largest absolute Gasteiger partial charge is 0.416 e. The Morgan fingerprint density at radius 2 is 1.65 bits per heavy atom. The predicted molar refractivity (Wildman–Crippen MR) is 116 cm³/mol. The molecule has 9 heteroatoms. The van der Waals surface area contributed by atoms with Gasteiger partial charge in [0.15, 0.2) is 5.16 Å². The van der Waals surface area contributed by atoms with E-state index in [4.69, 9.17) is 0 Å². The highest BCUT2D eigenvalue weighted by molar-refractivity contribution is 7.99. The maximum absolute atomic E-state index is 12.8. The van der Waals surface area contributed by atoms with E-state index in [1.54, 1.807) is 30.3 Å². The van der Waals surface area contributed by atoms with Crippen molar-refractivity contribution >= 4 is 29.0 Å². The SMILES string of the molecule is Cc1cc(C)nc(SCC(=O)Nc2ccc(CNc3cccc(C(F)(F)F)c3)cc2)n1. The lowest BCUT2D eigenvalue weighted by atomic mass is 10.1. The summed E-state index contributed by atoms with van der Waals surface area (Å²) in [5.74, 6) is 0.00414. The molecule has 162 valence electrons. The predicted octanol–water partition coefficient (Wildman–Crippen LogP) is 5.46. The minimum atomic E-state index is -4.37. The number of aromatic nitrogens is 2. The molecule has 3 aromatic rings. The van der Waals surface area contributed by atoms with Crippen molar-refractivity contribution in [3.63, 3.8) is 0 Å². The molecule has 5 nitrogen and oxygen atoms in total. The van der Waals surface area contributed by atoms with Gasteiger partial charge in [-0.3, -0.25) is 4.79 Å². The second kappa shape index (κ2) is 9.82. The number of hydrogen-bond acceptors (Lipinski definition) is 5. The van der Waals surface area contributed by atoms with Crippen LogP contribution in [-0.2, 0) is 17.5 Å². The summed E-state index contributed by atoms with van der Waals surface area (Å²) in [5, 5.41) is 6.34. The molecule has 0 saturated carbocycles. The van der Waals surface area contributed by atoms with Crippen molar-refractivity contribution in [2.45, 2.75) is 31.7 Å². The molecule has 2 aromatic carbocycles. The Kier molecular flexibility index (Phi) is 7.17. The van der Waals surface area contributed by atoms with Gasteiger partial charge in [-0.1, -0.05) is 30.0 Å². The fourth-order valence-corrected chi connectivity index (χ4v) is 3.55. The number of thioether (sulfide) groups is 1. The number of alkyl halides is 3. The van der Waals surface area contributed by atoms with Gasteiger partial charge in [-0.15, -0.1) is 0 Å². The molecular weight excluding hydrogens is 425 g/mol. The van der Waals surface area contributed by atoms with Gasteiger partial charge in [0.25, 0.3) is 0 Å². The molecule has 0 spiro atoms. The summed E-state index contributed by atoms with van der Waals surface area (Å²) in [6.45, 7) is 4.11. The van der Waals surface area contributed by atoms with Gasteiger partial charge in [0.2, 0.25) is 5.91 Å². The van der Waals surface area contributed by atoms with Crippen molar-refractivity contribution in [2.75, 3.05) is 16.4 Å². The molecule has 0 bridgehead atoms. The first-order valence-corrected chi connectivity index (χ1v) is 10.4. The molecule has 0 unspecified atom stereocenters. The second-order valence-electron chi connectivity index (χ2n) is 6.90. The first-order valence-electron chi connectivity index (χ1n) is 9.44. The minimum Gasteiger partial charge on any atom is -0.381 e. The number of anilines is 2. The van der Waals surface area contributed by atoms with Crippen LogP contribution in [0.1, 0.15) is 22.5 Å². The summed E-state index contributed by atoms with van der Waals surface area (Å²) in [6, 6.07) is 14.0. The number of nitrogens with zero attached hydrogens (tertiary/aromatic N) is 2. The number of amides is 1. The van der Waals surface area contributed by atoms with Crippen molar-refractivity contribution in [2.24, 2.45) is 0 Å². The van der Waals surface area contributed by atoms with E-state index in [0.29, 0.717) is 23.1 Å². The molecule has 3 rings (SSSR count). The van der Waals surface area contributed by atoms with Gasteiger partial charge in [-0.2, -0.15) is 13.2 Å². The average molecular weight is 446 g/mol. The van der Waals surface area contributed by atoms with Crippen LogP contribution in [0.3, 0.4) is 0 Å². The van der Waals surface area contributed by atoms with Gasteiger partial charge in [0.1, 0.15) is 0 Å². The van der Waals surface area contributed by atoms with E-state index >= 15 is 0 Å². The van der Waals surface area contributed by atoms with Gasteiger partial charge >= 0.3 is 6.18 Å². The molecule has 31 heavy (non-hydrogen) atoms. The highest BCUT2D eigenvalue weighted by Gasteiger charge is 2.30. The minimum absolute atomic E-state index is 0.178. The maximum Gasteiger partial charge on any atom is 0.416 e. The summed E-state index contributed by atoms with van der Waals surface area (Å²) in [4.78, 5) is 20.8. The lowest BCUT2D eigenvalue weighted by Crippen LogP contribution is -2.14. The molecule has 0 aliphatic heterocycles. The lowest BCUT2D eigenvalue weighted by molar-refractivity contribution is -0.137. The van der Waals surface area contributed by atoms with E-state index in [-0.39, 0.29) is 11.7 Å². The molecule has 0 saturated heterocycles. The summed E-state index contributed by atoms with van der Waals surface area (Å²) < 4.78 is 38.4. The van der Waals surface area contributed by atoms with E-state index in [1.165, 1.54) is 17.8 Å². The number of carbonyl (C=O) groups is 1. The Bertz CT molecular complexity index is 1040. The Morgan fingerprint density at radius 1 is 0.968 bits per heavy atom. The number of benzene rings is 2. The fraction of sp³-hybridized carbons (Fsp3) is 0.227. The van der Waals surface area contributed by atoms with Crippen LogP contribution in [0.4, 0.5) is 24.5 Å². The van der Waals surface area contributed by atoms with Crippen LogP contribution in [0, 0.1) is 13.8 Å². The third-order valence-electron chi connectivity index (χ3n) is 4.22. The first-order chi connectivity index (χ1) is 14.7. The molecule has 0 aliphatic rings. The quantitative estimate of drug-likeness (QED) is 0.373. The van der Waals surface area contributed by atoms with E-state index < -0.39 is 11.7 Å². The highest BCUT2D eigenvalue weighted by Crippen LogP contribution is 2.30. The molecule has 0 fully saturated rings. The normalized spacial score (nSPS) is 11.3. The van der Waals surface area contributed by atoms with Crippen LogP contribution in [0.2, 0.25) is 0 Å². The molecule has 2 N–H and O–H groups in total. The zero-order valence-electron chi connectivity index (χ0n) is 17.0. The summed E-state index contributed by atoms with van der Waals surface area (Å²) in [7, 11) is 0. The van der Waals surface area contributed by atoms with Crippen molar-refractivity contribution in [3.8, 4) is 0 Å². The van der Waals surface area contributed by atoms with Gasteiger partial charge in [-0.05, 0) is 55.8 Å². The maximum atomic E-state index is 12.8. The van der Waals surface area contributed by atoms with Crippen molar-refractivity contribution in [1.82, 2.24) is 9.97 Å². The molecule has 0 radical (unpaired) electrons. The summed E-state index contributed by atoms with van der Waals surface area (Å²) in [5.41, 5.74) is 2.90. The summed E-state index contributed by atoms with van der Waals surface area (Å²) >= 11 is 1.26. The van der Waals surface area contributed by atoms with Crippen LogP contribution in [0.5, 0.6) is 0 Å². The first kappa shape index (κ1) is 22.6. The molecule has 1 amide bonds.